The van der Waals surface area contributed by atoms with E-state index >= 15 is 0 Å². The van der Waals surface area contributed by atoms with Crippen LogP contribution in [0.3, 0.4) is 0 Å². The van der Waals surface area contributed by atoms with Crippen LogP contribution in [0.1, 0.15) is 32.4 Å². The predicted molar refractivity (Wildman–Crippen MR) is 96.5 cm³/mol. The van der Waals surface area contributed by atoms with Crippen molar-refractivity contribution in [1.29, 1.82) is 0 Å². The van der Waals surface area contributed by atoms with E-state index in [4.69, 9.17) is 0 Å². The number of pyridine rings is 1. The zero-order valence-electron chi connectivity index (χ0n) is 14.3. The SMILES string of the molecule is Cc1nc(C)c2c(C)c(C(=O)N(C)CCc3ccccn3)sc2n1. The number of aryl methyl sites for hydroxylation is 3. The van der Waals surface area contributed by atoms with Gasteiger partial charge in [0.25, 0.3) is 5.91 Å². The number of rotatable bonds is 4. The second-order valence-electron chi connectivity index (χ2n) is 5.89. The number of nitrogens with zero attached hydrogens (tertiary/aromatic N) is 4. The molecule has 5 nitrogen and oxygen atoms in total. The maximum atomic E-state index is 12.8. The van der Waals surface area contributed by atoms with Crippen LogP contribution in [0.5, 0.6) is 0 Å². The Kier molecular flexibility index (Phi) is 4.57. The Labute approximate surface area is 145 Å². The van der Waals surface area contributed by atoms with Gasteiger partial charge in [0.15, 0.2) is 0 Å². The van der Waals surface area contributed by atoms with Crippen molar-refractivity contribution in [2.45, 2.75) is 27.2 Å². The molecule has 0 saturated carbocycles. The zero-order chi connectivity index (χ0) is 17.3. The first-order valence-electron chi connectivity index (χ1n) is 7.87. The number of amides is 1. The minimum atomic E-state index is 0.0310. The molecule has 0 saturated heterocycles. The summed E-state index contributed by atoms with van der Waals surface area (Å²) in [5.41, 5.74) is 2.89. The number of hydrogen-bond donors (Lipinski definition) is 0. The van der Waals surface area contributed by atoms with Crippen molar-refractivity contribution in [3.8, 4) is 0 Å². The maximum Gasteiger partial charge on any atom is 0.264 e. The summed E-state index contributed by atoms with van der Waals surface area (Å²) in [4.78, 5) is 29.4. The molecule has 0 fully saturated rings. The molecule has 0 spiro atoms. The summed E-state index contributed by atoms with van der Waals surface area (Å²) in [6.07, 6.45) is 2.52. The first kappa shape index (κ1) is 16.5. The summed E-state index contributed by atoms with van der Waals surface area (Å²) in [7, 11) is 1.83. The number of fused-ring (bicyclic) bond motifs is 1. The summed E-state index contributed by atoms with van der Waals surface area (Å²) >= 11 is 1.45. The number of thiophene rings is 1. The third kappa shape index (κ3) is 3.14. The molecule has 0 N–H and O–H groups in total. The van der Waals surface area contributed by atoms with Gasteiger partial charge in [0, 0.05) is 43.0 Å². The average Bonchev–Trinajstić information content (AvgIpc) is 2.89. The minimum absolute atomic E-state index is 0.0310. The van der Waals surface area contributed by atoms with Crippen LogP contribution in [0.25, 0.3) is 10.2 Å². The third-order valence-corrected chi connectivity index (χ3v) is 5.23. The van der Waals surface area contributed by atoms with Gasteiger partial charge >= 0.3 is 0 Å². The van der Waals surface area contributed by atoms with E-state index in [1.54, 1.807) is 11.1 Å². The van der Waals surface area contributed by atoms with Crippen LogP contribution in [0, 0.1) is 20.8 Å². The monoisotopic (exact) mass is 340 g/mol. The third-order valence-electron chi connectivity index (χ3n) is 4.05. The molecule has 3 rings (SSSR count). The van der Waals surface area contributed by atoms with E-state index in [2.05, 4.69) is 15.0 Å². The van der Waals surface area contributed by atoms with Crippen molar-refractivity contribution >= 4 is 27.5 Å². The largest absolute Gasteiger partial charge is 0.341 e. The smallest absolute Gasteiger partial charge is 0.264 e. The van der Waals surface area contributed by atoms with Crippen LogP contribution in [-0.2, 0) is 6.42 Å². The number of likely N-dealkylation sites (N-methyl/N-ethyl adjacent to an activating group) is 1. The number of carbonyl (C=O) groups excluding carboxylic acids is 1. The van der Waals surface area contributed by atoms with Gasteiger partial charge in [-0.15, -0.1) is 11.3 Å². The number of aromatic nitrogens is 3. The summed E-state index contributed by atoms with van der Waals surface area (Å²) in [5, 5.41) is 1.01. The van der Waals surface area contributed by atoms with Gasteiger partial charge < -0.3 is 4.90 Å². The van der Waals surface area contributed by atoms with Gasteiger partial charge in [0.05, 0.1) is 4.88 Å². The molecule has 6 heteroatoms. The molecule has 1 amide bonds. The van der Waals surface area contributed by atoms with E-state index in [1.807, 2.05) is 46.0 Å². The highest BCUT2D eigenvalue weighted by atomic mass is 32.1. The zero-order valence-corrected chi connectivity index (χ0v) is 15.1. The molecule has 24 heavy (non-hydrogen) atoms. The van der Waals surface area contributed by atoms with Gasteiger partial charge in [-0.3, -0.25) is 9.78 Å². The highest BCUT2D eigenvalue weighted by Gasteiger charge is 2.21. The van der Waals surface area contributed by atoms with E-state index in [0.29, 0.717) is 6.54 Å². The van der Waals surface area contributed by atoms with Gasteiger partial charge in [-0.05, 0) is 38.5 Å². The fraction of sp³-hybridized carbons (Fsp3) is 0.333. The van der Waals surface area contributed by atoms with Crippen molar-refractivity contribution < 1.29 is 4.79 Å². The second kappa shape index (κ2) is 6.65. The number of hydrogen-bond acceptors (Lipinski definition) is 5. The van der Waals surface area contributed by atoms with Gasteiger partial charge in [0.2, 0.25) is 0 Å². The standard InChI is InChI=1S/C18H20N4OS/c1-11-15-12(2)20-13(3)21-17(15)24-16(11)18(23)22(4)10-8-14-7-5-6-9-19-14/h5-7,9H,8,10H2,1-4H3. The van der Waals surface area contributed by atoms with E-state index < -0.39 is 0 Å². The predicted octanol–water partition coefficient (Wildman–Crippen LogP) is 3.33. The normalized spacial score (nSPS) is 11.0. The Balaban J connectivity index is 1.83. The fourth-order valence-electron chi connectivity index (χ4n) is 2.78. The van der Waals surface area contributed by atoms with Crippen molar-refractivity contribution in [3.63, 3.8) is 0 Å². The Morgan fingerprint density at radius 3 is 2.71 bits per heavy atom. The lowest BCUT2D eigenvalue weighted by Gasteiger charge is -2.16. The summed E-state index contributed by atoms with van der Waals surface area (Å²) in [5.74, 6) is 0.771. The van der Waals surface area contributed by atoms with E-state index in [-0.39, 0.29) is 5.91 Å². The molecule has 3 heterocycles. The lowest BCUT2D eigenvalue weighted by Crippen LogP contribution is -2.28. The van der Waals surface area contributed by atoms with Gasteiger partial charge in [-0.25, -0.2) is 9.97 Å². The fourth-order valence-corrected chi connectivity index (χ4v) is 4.05. The topological polar surface area (TPSA) is 59.0 Å². The van der Waals surface area contributed by atoms with Crippen LogP contribution < -0.4 is 0 Å². The number of carbonyl (C=O) groups is 1. The Bertz CT molecular complexity index is 889. The molecule has 3 aromatic heterocycles. The molecular formula is C18H20N4OS. The van der Waals surface area contributed by atoms with Gasteiger partial charge in [-0.2, -0.15) is 0 Å². The molecular weight excluding hydrogens is 320 g/mol. The second-order valence-corrected chi connectivity index (χ2v) is 6.89. The highest BCUT2D eigenvalue weighted by Crippen LogP contribution is 2.31. The summed E-state index contributed by atoms with van der Waals surface area (Å²) in [6, 6.07) is 5.83. The quantitative estimate of drug-likeness (QED) is 0.731. The molecule has 0 aromatic carbocycles. The first-order valence-corrected chi connectivity index (χ1v) is 8.68. The van der Waals surface area contributed by atoms with Crippen LogP contribution in [-0.4, -0.2) is 39.4 Å². The van der Waals surface area contributed by atoms with Crippen LogP contribution >= 0.6 is 11.3 Å². The maximum absolute atomic E-state index is 12.8. The molecule has 3 aromatic rings. The Morgan fingerprint density at radius 1 is 1.21 bits per heavy atom. The van der Waals surface area contributed by atoms with E-state index in [0.717, 1.165) is 44.3 Å². The van der Waals surface area contributed by atoms with Crippen LogP contribution in [0.4, 0.5) is 0 Å². The van der Waals surface area contributed by atoms with E-state index in [1.165, 1.54) is 11.3 Å². The van der Waals surface area contributed by atoms with Gasteiger partial charge in [-0.1, -0.05) is 6.07 Å². The highest BCUT2D eigenvalue weighted by molar-refractivity contribution is 7.20. The molecule has 0 aliphatic heterocycles. The molecule has 0 unspecified atom stereocenters. The Morgan fingerprint density at radius 2 is 2.00 bits per heavy atom. The minimum Gasteiger partial charge on any atom is -0.341 e. The lowest BCUT2D eigenvalue weighted by molar-refractivity contribution is 0.0800. The van der Waals surface area contributed by atoms with Crippen molar-refractivity contribution in [3.05, 3.63) is 52.0 Å². The van der Waals surface area contributed by atoms with Crippen molar-refractivity contribution in [1.82, 2.24) is 19.9 Å². The summed E-state index contributed by atoms with van der Waals surface area (Å²) in [6.45, 7) is 6.45. The van der Waals surface area contributed by atoms with Gasteiger partial charge in [0.1, 0.15) is 10.7 Å². The molecule has 0 bridgehead atoms. The van der Waals surface area contributed by atoms with Crippen molar-refractivity contribution in [2.75, 3.05) is 13.6 Å². The molecule has 0 atom stereocenters. The van der Waals surface area contributed by atoms with Crippen LogP contribution in [0.2, 0.25) is 0 Å². The molecule has 0 radical (unpaired) electrons. The molecule has 0 aliphatic carbocycles. The molecule has 124 valence electrons. The molecule has 0 aliphatic rings. The first-order chi connectivity index (χ1) is 11.5. The van der Waals surface area contributed by atoms with E-state index in [9.17, 15) is 4.79 Å². The van der Waals surface area contributed by atoms with Crippen LogP contribution in [0.15, 0.2) is 24.4 Å². The lowest BCUT2D eigenvalue weighted by atomic mass is 10.1. The van der Waals surface area contributed by atoms with Crippen molar-refractivity contribution in [2.24, 2.45) is 0 Å². The summed E-state index contributed by atoms with van der Waals surface area (Å²) < 4.78 is 0. The Hall–Kier alpha value is -2.34. The average molecular weight is 340 g/mol.